The van der Waals surface area contributed by atoms with Crippen LogP contribution >= 0.6 is 0 Å². The van der Waals surface area contributed by atoms with Gasteiger partial charge in [0.25, 0.3) is 0 Å². The van der Waals surface area contributed by atoms with Gasteiger partial charge in [0.05, 0.1) is 5.60 Å². The van der Waals surface area contributed by atoms with Crippen molar-refractivity contribution in [3.05, 3.63) is 0 Å². The van der Waals surface area contributed by atoms with Gasteiger partial charge in [-0.2, -0.15) is 0 Å². The molecular weight excluding hydrogens is 212 g/mol. The summed E-state index contributed by atoms with van der Waals surface area (Å²) in [6.07, 6.45) is 3.71. The number of rotatable bonds is 3. The molecule has 3 nitrogen and oxygen atoms in total. The maximum absolute atomic E-state index is 5.92. The van der Waals surface area contributed by atoms with Crippen molar-refractivity contribution in [1.29, 1.82) is 0 Å². The van der Waals surface area contributed by atoms with Gasteiger partial charge in [-0.15, -0.1) is 0 Å². The summed E-state index contributed by atoms with van der Waals surface area (Å²) in [7, 11) is 2.09. The molecule has 0 aromatic rings. The Morgan fingerprint density at radius 2 is 2.18 bits per heavy atom. The molecule has 0 aromatic carbocycles. The highest BCUT2D eigenvalue weighted by Crippen LogP contribution is 2.30. The van der Waals surface area contributed by atoms with Gasteiger partial charge < -0.3 is 10.1 Å². The van der Waals surface area contributed by atoms with Gasteiger partial charge in [-0.1, -0.05) is 6.92 Å². The molecule has 0 bridgehead atoms. The molecule has 2 heterocycles. The number of nitrogens with one attached hydrogen (secondary N) is 1. The maximum atomic E-state index is 5.92. The van der Waals surface area contributed by atoms with Crippen LogP contribution in [0.2, 0.25) is 0 Å². The Kier molecular flexibility index (Phi) is 4.11. The molecule has 0 saturated carbocycles. The highest BCUT2D eigenvalue weighted by atomic mass is 16.5. The highest BCUT2D eigenvalue weighted by molar-refractivity contribution is 4.92. The average Bonchev–Trinajstić information content (AvgIpc) is 2.72. The minimum Gasteiger partial charge on any atom is -0.374 e. The molecule has 2 aliphatic heterocycles. The van der Waals surface area contributed by atoms with Crippen molar-refractivity contribution < 1.29 is 4.74 Å². The summed E-state index contributed by atoms with van der Waals surface area (Å²) < 4.78 is 5.92. The average molecular weight is 240 g/mol. The van der Waals surface area contributed by atoms with E-state index in [-0.39, 0.29) is 5.60 Å². The molecule has 100 valence electrons. The third kappa shape index (κ3) is 2.83. The molecule has 0 aliphatic carbocycles. The summed E-state index contributed by atoms with van der Waals surface area (Å²) in [5.74, 6) is 0.721. The van der Waals surface area contributed by atoms with Crippen LogP contribution < -0.4 is 5.32 Å². The predicted molar refractivity (Wildman–Crippen MR) is 71.3 cm³/mol. The Balaban J connectivity index is 1.93. The summed E-state index contributed by atoms with van der Waals surface area (Å²) in [5.41, 5.74) is 0.112. The minimum atomic E-state index is 0.112. The predicted octanol–water partition coefficient (Wildman–Crippen LogP) is 1.87. The number of ether oxygens (including phenoxy) is 1. The topological polar surface area (TPSA) is 24.5 Å². The fourth-order valence-electron chi connectivity index (χ4n) is 3.46. The molecule has 2 rings (SSSR count). The van der Waals surface area contributed by atoms with Gasteiger partial charge in [0, 0.05) is 31.8 Å². The first kappa shape index (κ1) is 13.3. The van der Waals surface area contributed by atoms with Crippen LogP contribution in [-0.4, -0.2) is 49.3 Å². The zero-order chi connectivity index (χ0) is 12.5. The van der Waals surface area contributed by atoms with E-state index in [1.54, 1.807) is 0 Å². The molecule has 1 N–H and O–H groups in total. The second-order valence-corrected chi connectivity index (χ2v) is 6.16. The third-order valence-electron chi connectivity index (χ3n) is 4.91. The minimum absolute atomic E-state index is 0.112. The molecule has 3 heteroatoms. The lowest BCUT2D eigenvalue weighted by Crippen LogP contribution is -2.55. The lowest BCUT2D eigenvalue weighted by atomic mass is 9.86. The molecular formula is C14H28N2O. The largest absolute Gasteiger partial charge is 0.374 e. The van der Waals surface area contributed by atoms with Crippen molar-refractivity contribution in [2.45, 2.75) is 57.7 Å². The first-order valence-corrected chi connectivity index (χ1v) is 7.11. The number of piperidine rings is 1. The Morgan fingerprint density at radius 3 is 2.76 bits per heavy atom. The zero-order valence-electron chi connectivity index (χ0n) is 11.8. The summed E-state index contributed by atoms with van der Waals surface area (Å²) >= 11 is 0. The smallest absolute Gasteiger partial charge is 0.0781 e. The van der Waals surface area contributed by atoms with Gasteiger partial charge in [0.15, 0.2) is 0 Å². The number of hydrogen-bond donors (Lipinski definition) is 1. The van der Waals surface area contributed by atoms with Crippen LogP contribution in [0.5, 0.6) is 0 Å². The molecule has 4 unspecified atom stereocenters. The molecule has 0 amide bonds. The van der Waals surface area contributed by atoms with Gasteiger partial charge in [-0.05, 0) is 46.1 Å². The van der Waals surface area contributed by atoms with Crippen molar-refractivity contribution in [3.63, 3.8) is 0 Å². The van der Waals surface area contributed by atoms with Crippen LogP contribution in [0.15, 0.2) is 0 Å². The monoisotopic (exact) mass is 240 g/mol. The summed E-state index contributed by atoms with van der Waals surface area (Å²) in [5, 5.41) is 3.45. The number of likely N-dealkylation sites (tertiary alicyclic amines) is 1. The van der Waals surface area contributed by atoms with Gasteiger partial charge >= 0.3 is 0 Å². The number of hydrogen-bond acceptors (Lipinski definition) is 3. The van der Waals surface area contributed by atoms with Crippen molar-refractivity contribution in [2.24, 2.45) is 5.92 Å². The zero-order valence-corrected chi connectivity index (χ0v) is 11.8. The Morgan fingerprint density at radius 1 is 1.41 bits per heavy atom. The Hall–Kier alpha value is -0.120. The summed E-state index contributed by atoms with van der Waals surface area (Å²) in [6.45, 7) is 10.3. The van der Waals surface area contributed by atoms with Gasteiger partial charge in [0.2, 0.25) is 0 Å². The van der Waals surface area contributed by atoms with Crippen molar-refractivity contribution >= 4 is 0 Å². The number of nitrogens with zero attached hydrogens (tertiary/aromatic N) is 1. The van der Waals surface area contributed by atoms with E-state index in [2.05, 4.69) is 38.0 Å². The summed E-state index contributed by atoms with van der Waals surface area (Å²) in [4.78, 5) is 2.63. The van der Waals surface area contributed by atoms with Crippen LogP contribution in [0.3, 0.4) is 0 Å². The standard InChI is InChI=1S/C14H28N2O/c1-11-12(2)16(8-6-13(11)15-4)10-14(3)7-5-9-17-14/h11-13,15H,5-10H2,1-4H3. The molecule has 4 atom stereocenters. The van der Waals surface area contributed by atoms with Crippen LogP contribution in [0.25, 0.3) is 0 Å². The third-order valence-corrected chi connectivity index (χ3v) is 4.91. The van der Waals surface area contributed by atoms with Gasteiger partial charge in [0.1, 0.15) is 0 Å². The van der Waals surface area contributed by atoms with Crippen LogP contribution in [-0.2, 0) is 4.74 Å². The van der Waals surface area contributed by atoms with Crippen LogP contribution in [0, 0.1) is 5.92 Å². The van der Waals surface area contributed by atoms with E-state index in [4.69, 9.17) is 4.74 Å². The summed E-state index contributed by atoms with van der Waals surface area (Å²) in [6, 6.07) is 1.33. The van der Waals surface area contributed by atoms with Crippen molar-refractivity contribution in [2.75, 3.05) is 26.7 Å². The molecule has 0 spiro atoms. The van der Waals surface area contributed by atoms with E-state index in [9.17, 15) is 0 Å². The van der Waals surface area contributed by atoms with E-state index in [1.807, 2.05) is 0 Å². The van der Waals surface area contributed by atoms with Gasteiger partial charge in [-0.25, -0.2) is 0 Å². The first-order valence-electron chi connectivity index (χ1n) is 7.11. The SMILES string of the molecule is CNC1CCN(CC2(C)CCCO2)C(C)C1C. The van der Waals surface area contributed by atoms with E-state index < -0.39 is 0 Å². The van der Waals surface area contributed by atoms with Crippen LogP contribution in [0.1, 0.15) is 40.0 Å². The van der Waals surface area contributed by atoms with Crippen LogP contribution in [0.4, 0.5) is 0 Å². The molecule has 2 fully saturated rings. The van der Waals surface area contributed by atoms with E-state index >= 15 is 0 Å². The second kappa shape index (κ2) is 5.25. The molecule has 0 aromatic heterocycles. The Bertz CT molecular complexity index is 251. The van der Waals surface area contributed by atoms with E-state index in [1.165, 1.54) is 25.8 Å². The maximum Gasteiger partial charge on any atom is 0.0781 e. The van der Waals surface area contributed by atoms with E-state index in [0.29, 0.717) is 12.1 Å². The lowest BCUT2D eigenvalue weighted by Gasteiger charge is -2.45. The first-order chi connectivity index (χ1) is 8.06. The quantitative estimate of drug-likeness (QED) is 0.815. The van der Waals surface area contributed by atoms with E-state index in [0.717, 1.165) is 19.1 Å². The normalized spacial score (nSPS) is 44.1. The molecule has 2 saturated heterocycles. The molecule has 17 heavy (non-hydrogen) atoms. The van der Waals surface area contributed by atoms with Crippen molar-refractivity contribution in [3.8, 4) is 0 Å². The fraction of sp³-hybridized carbons (Fsp3) is 1.00. The fourth-order valence-corrected chi connectivity index (χ4v) is 3.46. The van der Waals surface area contributed by atoms with Crippen molar-refractivity contribution in [1.82, 2.24) is 10.2 Å². The molecule has 2 aliphatic rings. The second-order valence-electron chi connectivity index (χ2n) is 6.16. The lowest BCUT2D eigenvalue weighted by molar-refractivity contribution is -0.0350. The molecule has 0 radical (unpaired) electrons. The Labute approximate surface area is 106 Å². The highest BCUT2D eigenvalue weighted by Gasteiger charge is 2.37. The van der Waals surface area contributed by atoms with Gasteiger partial charge in [-0.3, -0.25) is 4.90 Å².